The van der Waals surface area contributed by atoms with Crippen LogP contribution in [0.15, 0.2) is 83.3 Å². The average Bonchev–Trinajstić information content (AvgIpc) is 2.72. The molecule has 3 rings (SSSR count). The first-order valence-electron chi connectivity index (χ1n) is 10.9. The Labute approximate surface area is 186 Å². The van der Waals surface area contributed by atoms with E-state index in [-0.39, 0.29) is 10.8 Å². The molecule has 0 unspecified atom stereocenters. The Morgan fingerprint density at radius 3 is 1.81 bits per heavy atom. The van der Waals surface area contributed by atoms with Crippen molar-refractivity contribution in [1.82, 2.24) is 0 Å². The van der Waals surface area contributed by atoms with Gasteiger partial charge in [0.25, 0.3) is 0 Å². The number of nitrogens with zero attached hydrogens (tertiary/aromatic N) is 3. The maximum absolute atomic E-state index is 5.84. The highest BCUT2D eigenvalue weighted by Gasteiger charge is 2.20. The van der Waals surface area contributed by atoms with Crippen LogP contribution < -0.4 is 9.30 Å². The van der Waals surface area contributed by atoms with Crippen molar-refractivity contribution in [3.05, 3.63) is 84.2 Å². The molecule has 0 bridgehead atoms. The molecular formula is C27H34N3O+. The summed E-state index contributed by atoms with van der Waals surface area (Å²) in [7, 11) is 0. The summed E-state index contributed by atoms with van der Waals surface area (Å²) in [5.41, 5.74) is 4.36. The van der Waals surface area contributed by atoms with E-state index in [1.807, 2.05) is 54.9 Å². The monoisotopic (exact) mass is 416 g/mol. The zero-order chi connectivity index (χ0) is 22.5. The Hall–Kier alpha value is -3.01. The molecule has 162 valence electrons. The maximum Gasteiger partial charge on any atom is 0.182 e. The lowest BCUT2D eigenvalue weighted by molar-refractivity contribution is -0.697. The molecule has 0 N–H and O–H groups in total. The predicted octanol–water partition coefficient (Wildman–Crippen LogP) is 7.06. The molecule has 0 spiro atoms. The molecule has 1 aromatic heterocycles. The average molecular weight is 417 g/mol. The molecule has 0 aliphatic rings. The highest BCUT2D eigenvalue weighted by Crippen LogP contribution is 2.33. The van der Waals surface area contributed by atoms with Crippen molar-refractivity contribution in [2.75, 3.05) is 6.61 Å². The Morgan fingerprint density at radius 1 is 0.710 bits per heavy atom. The van der Waals surface area contributed by atoms with Gasteiger partial charge in [0.2, 0.25) is 0 Å². The summed E-state index contributed by atoms with van der Waals surface area (Å²) >= 11 is 0. The highest BCUT2D eigenvalue weighted by molar-refractivity contribution is 5.49. The van der Waals surface area contributed by atoms with Crippen LogP contribution in [0.1, 0.15) is 52.7 Å². The van der Waals surface area contributed by atoms with Crippen LogP contribution in [0.4, 0.5) is 11.4 Å². The molecule has 1 heterocycles. The summed E-state index contributed by atoms with van der Waals surface area (Å²) in [6, 6.07) is 20.4. The van der Waals surface area contributed by atoms with Gasteiger partial charge in [0.05, 0.1) is 11.4 Å². The molecule has 0 fully saturated rings. The molecule has 0 aliphatic heterocycles. The zero-order valence-electron chi connectivity index (χ0n) is 19.6. The number of rotatable bonds is 6. The van der Waals surface area contributed by atoms with E-state index in [1.165, 1.54) is 11.1 Å². The molecule has 0 aliphatic carbocycles. The topological polar surface area (TPSA) is 37.8 Å². The van der Waals surface area contributed by atoms with Gasteiger partial charge in [-0.3, -0.25) is 0 Å². The molecule has 0 saturated heterocycles. The molecule has 0 radical (unpaired) electrons. The third kappa shape index (κ3) is 6.74. The van der Waals surface area contributed by atoms with Crippen LogP contribution >= 0.6 is 0 Å². The summed E-state index contributed by atoms with van der Waals surface area (Å²) in [5.74, 6) is 0.834. The lowest BCUT2D eigenvalue weighted by Gasteiger charge is -2.25. The van der Waals surface area contributed by atoms with Gasteiger partial charge >= 0.3 is 0 Å². The second-order valence-electron chi connectivity index (χ2n) is 9.92. The molecule has 2 aromatic carbocycles. The second kappa shape index (κ2) is 9.42. The van der Waals surface area contributed by atoms with Gasteiger partial charge in [0, 0.05) is 12.1 Å². The Kier molecular flexibility index (Phi) is 6.89. The minimum absolute atomic E-state index is 0.0581. The molecule has 4 heteroatoms. The highest BCUT2D eigenvalue weighted by atomic mass is 16.5. The van der Waals surface area contributed by atoms with E-state index in [1.54, 1.807) is 0 Å². The van der Waals surface area contributed by atoms with Gasteiger partial charge in [-0.05, 0) is 58.4 Å². The van der Waals surface area contributed by atoms with Gasteiger partial charge in [0.1, 0.15) is 12.4 Å². The minimum atomic E-state index is 0.0581. The van der Waals surface area contributed by atoms with E-state index in [9.17, 15) is 0 Å². The van der Waals surface area contributed by atoms with Crippen molar-refractivity contribution in [3.63, 3.8) is 0 Å². The first-order chi connectivity index (χ1) is 14.6. The number of aromatic nitrogens is 1. The smallest absolute Gasteiger partial charge is 0.182 e. The molecule has 0 atom stereocenters. The Morgan fingerprint density at radius 2 is 1.26 bits per heavy atom. The van der Waals surface area contributed by atoms with Gasteiger partial charge in [0.15, 0.2) is 18.9 Å². The van der Waals surface area contributed by atoms with Crippen LogP contribution in [0, 0.1) is 0 Å². The third-order valence-electron chi connectivity index (χ3n) is 5.16. The van der Waals surface area contributed by atoms with Gasteiger partial charge in [-0.1, -0.05) is 53.7 Å². The largest absolute Gasteiger partial charge is 0.487 e. The molecule has 4 nitrogen and oxygen atoms in total. The van der Waals surface area contributed by atoms with Gasteiger partial charge in [-0.25, -0.2) is 4.57 Å². The second-order valence-corrected chi connectivity index (χ2v) is 9.92. The maximum atomic E-state index is 5.84. The van der Waals surface area contributed by atoms with Crippen molar-refractivity contribution < 1.29 is 9.30 Å². The van der Waals surface area contributed by atoms with Crippen LogP contribution in [0.5, 0.6) is 5.75 Å². The van der Waals surface area contributed by atoms with E-state index in [0.717, 1.165) is 23.7 Å². The fraction of sp³-hybridized carbons (Fsp3) is 0.370. The lowest BCUT2D eigenvalue weighted by Crippen LogP contribution is -2.35. The van der Waals surface area contributed by atoms with Crippen LogP contribution in [0.25, 0.3) is 0 Å². The Balaban J connectivity index is 1.68. The van der Waals surface area contributed by atoms with Crippen LogP contribution in [0.3, 0.4) is 0 Å². The number of azo groups is 1. The van der Waals surface area contributed by atoms with Crippen LogP contribution in [0.2, 0.25) is 0 Å². The molecule has 31 heavy (non-hydrogen) atoms. The van der Waals surface area contributed by atoms with E-state index in [4.69, 9.17) is 4.74 Å². The number of hydrogen-bond donors (Lipinski definition) is 0. The lowest BCUT2D eigenvalue weighted by atomic mass is 9.80. The van der Waals surface area contributed by atoms with E-state index >= 15 is 0 Å². The van der Waals surface area contributed by atoms with Crippen LogP contribution in [-0.4, -0.2) is 6.61 Å². The third-order valence-corrected chi connectivity index (χ3v) is 5.16. The SMILES string of the molecule is CC(C)(C)c1cc(N=Nc2ccc(OCC[n+]3ccccc3)cc2)cc(C(C)(C)C)c1. The summed E-state index contributed by atoms with van der Waals surface area (Å²) in [4.78, 5) is 0. The number of hydrogen-bond acceptors (Lipinski definition) is 3. The van der Waals surface area contributed by atoms with Crippen molar-refractivity contribution in [2.45, 2.75) is 58.9 Å². The fourth-order valence-electron chi connectivity index (χ4n) is 3.11. The standard InChI is InChI=1S/C27H34N3O/c1-26(2,3)21-18-22(27(4,5)6)20-24(19-21)29-28-23-10-12-25(13-11-23)31-17-16-30-14-8-7-9-15-30/h7-15,18-20H,16-17H2,1-6H3/q+1. The first kappa shape index (κ1) is 22.7. The predicted molar refractivity (Wildman–Crippen MR) is 127 cm³/mol. The summed E-state index contributed by atoms with van der Waals surface area (Å²) < 4.78 is 7.94. The summed E-state index contributed by atoms with van der Waals surface area (Å²) in [6.45, 7) is 14.8. The van der Waals surface area contributed by atoms with Crippen molar-refractivity contribution in [3.8, 4) is 5.75 Å². The normalized spacial score (nSPS) is 12.3. The first-order valence-corrected chi connectivity index (χ1v) is 10.9. The molecule has 3 aromatic rings. The van der Waals surface area contributed by atoms with E-state index in [0.29, 0.717) is 6.61 Å². The quantitative estimate of drug-likeness (QED) is 0.313. The van der Waals surface area contributed by atoms with E-state index in [2.05, 4.69) is 74.5 Å². The van der Waals surface area contributed by atoms with Crippen LogP contribution in [-0.2, 0) is 17.4 Å². The molecular weight excluding hydrogens is 382 g/mol. The molecule has 0 amide bonds. The van der Waals surface area contributed by atoms with Gasteiger partial charge in [-0.2, -0.15) is 10.2 Å². The van der Waals surface area contributed by atoms with Crippen molar-refractivity contribution in [1.29, 1.82) is 0 Å². The van der Waals surface area contributed by atoms with Gasteiger partial charge < -0.3 is 4.74 Å². The van der Waals surface area contributed by atoms with E-state index < -0.39 is 0 Å². The zero-order valence-corrected chi connectivity index (χ0v) is 19.6. The fourth-order valence-corrected chi connectivity index (χ4v) is 3.11. The molecule has 0 saturated carbocycles. The van der Waals surface area contributed by atoms with Gasteiger partial charge in [-0.15, -0.1) is 0 Å². The number of pyridine rings is 1. The minimum Gasteiger partial charge on any atom is -0.487 e. The Bertz CT molecular complexity index is 979. The summed E-state index contributed by atoms with van der Waals surface area (Å²) in [5, 5.41) is 8.99. The van der Waals surface area contributed by atoms with Crippen molar-refractivity contribution >= 4 is 11.4 Å². The number of benzene rings is 2. The number of ether oxygens (including phenoxy) is 1. The summed E-state index contributed by atoms with van der Waals surface area (Å²) in [6.07, 6.45) is 4.07. The van der Waals surface area contributed by atoms with Crippen molar-refractivity contribution in [2.24, 2.45) is 10.2 Å².